The van der Waals surface area contributed by atoms with E-state index in [4.69, 9.17) is 0 Å². The first-order valence-electron chi connectivity index (χ1n) is 7.17. The monoisotopic (exact) mass is 313 g/mol. The van der Waals surface area contributed by atoms with Crippen molar-refractivity contribution < 1.29 is 9.18 Å². The molecular formula is C16H16FN5O. The van der Waals surface area contributed by atoms with E-state index in [1.807, 2.05) is 10.8 Å². The van der Waals surface area contributed by atoms with Crippen molar-refractivity contribution in [1.29, 1.82) is 0 Å². The van der Waals surface area contributed by atoms with E-state index in [0.29, 0.717) is 24.5 Å². The van der Waals surface area contributed by atoms with E-state index >= 15 is 0 Å². The molecule has 1 aromatic carbocycles. The van der Waals surface area contributed by atoms with Gasteiger partial charge in [0.1, 0.15) is 11.5 Å². The zero-order valence-electron chi connectivity index (χ0n) is 12.6. The van der Waals surface area contributed by atoms with Gasteiger partial charge in [0, 0.05) is 38.1 Å². The minimum absolute atomic E-state index is 0.200. The molecule has 0 fully saturated rings. The predicted octanol–water partition coefficient (Wildman–Crippen LogP) is 1.85. The van der Waals surface area contributed by atoms with Crippen LogP contribution in [0.3, 0.4) is 0 Å². The summed E-state index contributed by atoms with van der Waals surface area (Å²) in [4.78, 5) is 16.2. The van der Waals surface area contributed by atoms with Gasteiger partial charge in [-0.05, 0) is 30.3 Å². The number of carbonyl (C=O) groups is 1. The van der Waals surface area contributed by atoms with Gasteiger partial charge in [0.2, 0.25) is 0 Å². The number of carbonyl (C=O) groups excluding carboxylic acids is 1. The third-order valence-corrected chi connectivity index (χ3v) is 3.47. The normalized spacial score (nSPS) is 10.7. The molecule has 3 aromatic rings. The molecule has 0 atom stereocenters. The molecule has 0 unspecified atom stereocenters. The fourth-order valence-electron chi connectivity index (χ4n) is 2.25. The Bertz CT molecular complexity index is 793. The molecule has 2 heterocycles. The summed E-state index contributed by atoms with van der Waals surface area (Å²) in [5.74, 6) is -0.504. The highest BCUT2D eigenvalue weighted by Gasteiger charge is 2.14. The van der Waals surface area contributed by atoms with Gasteiger partial charge < -0.3 is 9.88 Å². The summed E-state index contributed by atoms with van der Waals surface area (Å²) in [5.41, 5.74) is 1.85. The summed E-state index contributed by atoms with van der Waals surface area (Å²) < 4.78 is 16.4. The summed E-state index contributed by atoms with van der Waals surface area (Å²) in [7, 11) is 1.71. The lowest BCUT2D eigenvalue weighted by Crippen LogP contribution is -2.28. The van der Waals surface area contributed by atoms with Crippen LogP contribution in [0.1, 0.15) is 10.5 Å². The van der Waals surface area contributed by atoms with Crippen LogP contribution in [0, 0.1) is 5.82 Å². The average Bonchev–Trinajstić information content (AvgIpc) is 3.17. The highest BCUT2D eigenvalue weighted by Crippen LogP contribution is 2.19. The Hall–Kier alpha value is -2.96. The number of hydrogen-bond acceptors (Lipinski definition) is 3. The maximum Gasteiger partial charge on any atom is 0.269 e. The number of hydrogen-bond donors (Lipinski definition) is 1. The fraction of sp³-hybridized carbons (Fsp3) is 0.188. The molecule has 0 aliphatic heterocycles. The Balaban J connectivity index is 1.67. The van der Waals surface area contributed by atoms with Crippen molar-refractivity contribution in [3.05, 3.63) is 60.6 Å². The molecule has 0 bridgehead atoms. The van der Waals surface area contributed by atoms with Crippen molar-refractivity contribution in [1.82, 2.24) is 24.6 Å². The van der Waals surface area contributed by atoms with E-state index in [-0.39, 0.29) is 11.7 Å². The topological polar surface area (TPSA) is 64.7 Å². The molecule has 6 nitrogen and oxygen atoms in total. The summed E-state index contributed by atoms with van der Waals surface area (Å²) in [6, 6.07) is 7.71. The maximum absolute atomic E-state index is 13.0. The first-order chi connectivity index (χ1) is 11.1. The highest BCUT2D eigenvalue weighted by atomic mass is 19.1. The Morgan fingerprint density at radius 3 is 2.78 bits per heavy atom. The van der Waals surface area contributed by atoms with Gasteiger partial charge in [0.25, 0.3) is 5.91 Å². The number of imidazole rings is 1. The van der Waals surface area contributed by atoms with Crippen molar-refractivity contribution in [2.75, 3.05) is 6.54 Å². The Labute approximate surface area is 132 Å². The molecule has 118 valence electrons. The average molecular weight is 313 g/mol. The number of halogens is 1. The van der Waals surface area contributed by atoms with Crippen molar-refractivity contribution in [2.45, 2.75) is 6.54 Å². The SMILES string of the molecule is Cn1nc(-c2ccc(F)cc2)cc1C(=O)NCCn1ccnc1. The molecule has 0 spiro atoms. The second-order valence-electron chi connectivity index (χ2n) is 5.10. The van der Waals surface area contributed by atoms with Crippen LogP contribution in [-0.2, 0) is 13.6 Å². The number of benzene rings is 1. The molecule has 1 amide bonds. The first kappa shape index (κ1) is 15.0. The summed E-state index contributed by atoms with van der Waals surface area (Å²) in [6.45, 7) is 1.14. The number of nitrogens with one attached hydrogen (secondary N) is 1. The summed E-state index contributed by atoms with van der Waals surface area (Å²) in [5, 5.41) is 7.15. The van der Waals surface area contributed by atoms with E-state index in [0.717, 1.165) is 5.56 Å². The first-order valence-corrected chi connectivity index (χ1v) is 7.17. The van der Waals surface area contributed by atoms with Gasteiger partial charge in [-0.15, -0.1) is 0 Å². The molecule has 0 aliphatic carbocycles. The third-order valence-electron chi connectivity index (χ3n) is 3.47. The van der Waals surface area contributed by atoms with Crippen molar-refractivity contribution in [3.8, 4) is 11.3 Å². The Morgan fingerprint density at radius 1 is 1.30 bits per heavy atom. The molecule has 3 rings (SSSR count). The molecule has 0 aliphatic rings. The van der Waals surface area contributed by atoms with Crippen LogP contribution in [0.2, 0.25) is 0 Å². The lowest BCUT2D eigenvalue weighted by Gasteiger charge is -2.05. The van der Waals surface area contributed by atoms with Gasteiger partial charge in [0.05, 0.1) is 12.0 Å². The summed E-state index contributed by atoms with van der Waals surface area (Å²) in [6.07, 6.45) is 5.23. The molecule has 23 heavy (non-hydrogen) atoms. The van der Waals surface area contributed by atoms with Gasteiger partial charge in [-0.2, -0.15) is 5.10 Å². The third kappa shape index (κ3) is 3.45. The molecule has 0 saturated heterocycles. The van der Waals surface area contributed by atoms with Crippen LogP contribution in [-0.4, -0.2) is 31.8 Å². The number of amides is 1. The van der Waals surface area contributed by atoms with Crippen LogP contribution >= 0.6 is 0 Å². The second kappa shape index (κ2) is 6.43. The van der Waals surface area contributed by atoms with Gasteiger partial charge in [-0.25, -0.2) is 9.37 Å². The van der Waals surface area contributed by atoms with Crippen LogP contribution in [0.4, 0.5) is 4.39 Å². The van der Waals surface area contributed by atoms with E-state index in [2.05, 4.69) is 15.4 Å². The zero-order valence-corrected chi connectivity index (χ0v) is 12.6. The zero-order chi connectivity index (χ0) is 16.2. The summed E-state index contributed by atoms with van der Waals surface area (Å²) >= 11 is 0. The second-order valence-corrected chi connectivity index (χ2v) is 5.10. The van der Waals surface area contributed by atoms with Crippen molar-refractivity contribution >= 4 is 5.91 Å². The lowest BCUT2D eigenvalue weighted by atomic mass is 10.1. The molecular weight excluding hydrogens is 297 g/mol. The molecule has 7 heteroatoms. The van der Waals surface area contributed by atoms with Gasteiger partial charge in [0.15, 0.2) is 0 Å². The highest BCUT2D eigenvalue weighted by molar-refractivity contribution is 5.93. The van der Waals surface area contributed by atoms with Gasteiger partial charge in [-0.1, -0.05) is 0 Å². The predicted molar refractivity (Wildman–Crippen MR) is 83.2 cm³/mol. The van der Waals surface area contributed by atoms with Gasteiger partial charge in [-0.3, -0.25) is 9.48 Å². The molecule has 1 N–H and O–H groups in total. The van der Waals surface area contributed by atoms with Crippen molar-refractivity contribution in [3.63, 3.8) is 0 Å². The minimum atomic E-state index is -0.304. The van der Waals surface area contributed by atoms with E-state index in [1.54, 1.807) is 37.8 Å². The van der Waals surface area contributed by atoms with Gasteiger partial charge >= 0.3 is 0 Å². The molecule has 0 saturated carbocycles. The number of aryl methyl sites for hydroxylation is 1. The van der Waals surface area contributed by atoms with Crippen LogP contribution in [0.5, 0.6) is 0 Å². The van der Waals surface area contributed by atoms with E-state index in [9.17, 15) is 9.18 Å². The number of aromatic nitrogens is 4. The Morgan fingerprint density at radius 2 is 2.09 bits per heavy atom. The molecule has 2 aromatic heterocycles. The van der Waals surface area contributed by atoms with E-state index < -0.39 is 0 Å². The molecule has 0 radical (unpaired) electrons. The quantitative estimate of drug-likeness (QED) is 0.782. The standard InChI is InChI=1S/C16H16FN5O/c1-21-15(16(23)19-7-9-22-8-6-18-11-22)10-14(20-21)12-2-4-13(17)5-3-12/h2-6,8,10-11H,7,9H2,1H3,(H,19,23). The van der Waals surface area contributed by atoms with E-state index in [1.165, 1.54) is 16.8 Å². The minimum Gasteiger partial charge on any atom is -0.349 e. The van der Waals surface area contributed by atoms with Crippen LogP contribution < -0.4 is 5.32 Å². The Kier molecular flexibility index (Phi) is 4.18. The lowest BCUT2D eigenvalue weighted by molar-refractivity contribution is 0.0943. The number of nitrogens with zero attached hydrogens (tertiary/aromatic N) is 4. The van der Waals surface area contributed by atoms with Crippen LogP contribution in [0.15, 0.2) is 49.1 Å². The fourth-order valence-corrected chi connectivity index (χ4v) is 2.25. The van der Waals surface area contributed by atoms with Crippen LogP contribution in [0.25, 0.3) is 11.3 Å². The smallest absolute Gasteiger partial charge is 0.269 e. The number of rotatable bonds is 5. The largest absolute Gasteiger partial charge is 0.349 e. The maximum atomic E-state index is 13.0. The van der Waals surface area contributed by atoms with Crippen molar-refractivity contribution in [2.24, 2.45) is 7.05 Å².